The van der Waals surface area contributed by atoms with Crippen molar-refractivity contribution >= 4 is 46.0 Å². The van der Waals surface area contributed by atoms with E-state index in [0.717, 1.165) is 85.3 Å². The molecule has 9 rings (SSSR count). The molecule has 426 valence electrons. The van der Waals surface area contributed by atoms with Crippen LogP contribution in [0.3, 0.4) is 0 Å². The molecule has 20 heteroatoms. The fourth-order valence-electron chi connectivity index (χ4n) is 10.9. The second-order valence-corrected chi connectivity index (χ2v) is 23.5. The highest BCUT2D eigenvalue weighted by atomic mass is 32.1. The van der Waals surface area contributed by atoms with Gasteiger partial charge in [-0.1, -0.05) is 82.9 Å². The smallest absolute Gasteiger partial charge is 0.246 e. The number of para-hydroxylation sites is 1. The molecule has 3 aromatic heterocycles. The molecule has 0 unspecified atom stereocenters. The summed E-state index contributed by atoms with van der Waals surface area (Å²) in [7, 11) is 0. The quantitative estimate of drug-likeness (QED) is 0.0479. The molecule has 0 saturated carbocycles. The largest absolute Gasteiger partial charge is 0.391 e. The van der Waals surface area contributed by atoms with E-state index in [0.29, 0.717) is 73.7 Å². The summed E-state index contributed by atoms with van der Waals surface area (Å²) in [6.45, 7) is 12.9. The molecule has 3 aliphatic rings. The monoisotopic (exact) mass is 1120 g/mol. The van der Waals surface area contributed by atoms with E-state index in [4.69, 9.17) is 9.72 Å². The standard InChI is InChI=1S/C60H75F2N11O6S/c1-39-56(80-38-66-39)41-17-15-40(16-18-41)31-65-58(77)52-30-45(74)35-72(52)59(78)57(60(2,3)4)69-53(75)14-9-7-5-6-8-10-21-63-54(76)37-70-22-19-44(20-23-70)73-34-43(32-67-73)51-33-64-50-13-11-12-46(55(50)68-51)42-28-48(61)47(49(62)29-42)36-71-24-26-79-27-25-71/h11-13,15-18,28-29,32-34,38,44-45,52,57,74H,5-10,14,19-27,30-31,35-37H2,1-4H3,(H,63,76)(H,65,77)(H,69,75)/t45-,52+,57-/m1/s1. The Kier molecular flexibility index (Phi) is 19.5. The molecular weight excluding hydrogens is 1040 g/mol. The summed E-state index contributed by atoms with van der Waals surface area (Å²) in [4.78, 5) is 74.3. The second-order valence-electron chi connectivity index (χ2n) is 22.6. The number of unbranched alkanes of at least 4 members (excludes halogenated alkanes) is 5. The van der Waals surface area contributed by atoms with Crippen molar-refractivity contribution in [3.63, 3.8) is 0 Å². The second kappa shape index (κ2) is 26.8. The third kappa shape index (κ3) is 14.9. The first-order valence-electron chi connectivity index (χ1n) is 28.2. The van der Waals surface area contributed by atoms with Crippen molar-refractivity contribution in [2.45, 2.75) is 129 Å². The molecule has 4 N–H and O–H groups in total. The molecule has 3 fully saturated rings. The average Bonchev–Trinajstić information content (AvgIpc) is 4.26. The van der Waals surface area contributed by atoms with Crippen LogP contribution in [0.2, 0.25) is 0 Å². The van der Waals surface area contributed by atoms with Gasteiger partial charge in [-0.05, 0) is 72.9 Å². The number of likely N-dealkylation sites (tertiary alicyclic amines) is 2. The predicted molar refractivity (Wildman–Crippen MR) is 304 cm³/mol. The molecule has 6 aromatic rings. The summed E-state index contributed by atoms with van der Waals surface area (Å²) in [5, 5.41) is 24.3. The van der Waals surface area contributed by atoms with Crippen molar-refractivity contribution in [2.24, 2.45) is 5.41 Å². The summed E-state index contributed by atoms with van der Waals surface area (Å²) in [5.74, 6) is -2.13. The average molecular weight is 1120 g/mol. The molecule has 3 aliphatic heterocycles. The normalized spacial score (nSPS) is 17.9. The van der Waals surface area contributed by atoms with E-state index in [1.807, 2.05) is 85.4 Å². The number of carbonyl (C=O) groups excluding carboxylic acids is 4. The van der Waals surface area contributed by atoms with Crippen molar-refractivity contribution < 1.29 is 37.8 Å². The minimum Gasteiger partial charge on any atom is -0.391 e. The van der Waals surface area contributed by atoms with Crippen LogP contribution < -0.4 is 16.0 Å². The number of hydrogen-bond donors (Lipinski definition) is 4. The molecule has 0 bridgehead atoms. The fourth-order valence-corrected chi connectivity index (χ4v) is 11.7. The molecule has 0 radical (unpaired) electrons. The summed E-state index contributed by atoms with van der Waals surface area (Å²) in [6, 6.07) is 14.5. The zero-order valence-corrected chi connectivity index (χ0v) is 47.2. The van der Waals surface area contributed by atoms with E-state index >= 15 is 8.78 Å². The molecule has 0 aliphatic carbocycles. The molecule has 4 amide bonds. The number of ether oxygens (including phenoxy) is 1. The lowest BCUT2D eigenvalue weighted by atomic mass is 9.85. The zero-order chi connectivity index (χ0) is 56.3. The van der Waals surface area contributed by atoms with Crippen LogP contribution in [0.15, 0.2) is 78.7 Å². The van der Waals surface area contributed by atoms with Gasteiger partial charge in [-0.3, -0.25) is 38.6 Å². The van der Waals surface area contributed by atoms with Crippen molar-refractivity contribution in [2.75, 3.05) is 59.0 Å². The lowest BCUT2D eigenvalue weighted by Crippen LogP contribution is -2.57. The third-order valence-corrected chi connectivity index (χ3v) is 16.5. The fraction of sp³-hybridized carbons (Fsp3) is 0.500. The molecule has 80 heavy (non-hydrogen) atoms. The van der Waals surface area contributed by atoms with E-state index < -0.39 is 35.2 Å². The highest BCUT2D eigenvalue weighted by molar-refractivity contribution is 7.13. The van der Waals surface area contributed by atoms with Gasteiger partial charge < -0.3 is 30.7 Å². The van der Waals surface area contributed by atoms with Crippen molar-refractivity contribution in [1.82, 2.24) is 55.4 Å². The number of fused-ring (bicyclic) bond motifs is 1. The van der Waals surface area contributed by atoms with Crippen LogP contribution in [0.4, 0.5) is 8.78 Å². The van der Waals surface area contributed by atoms with Gasteiger partial charge in [0.15, 0.2) is 0 Å². The number of hydrogen-bond acceptors (Lipinski definition) is 13. The summed E-state index contributed by atoms with van der Waals surface area (Å²) >= 11 is 1.58. The summed E-state index contributed by atoms with van der Waals surface area (Å²) in [6.07, 6.45) is 11.9. The number of morpholine rings is 1. The first-order valence-corrected chi connectivity index (χ1v) is 29.1. The molecule has 6 heterocycles. The van der Waals surface area contributed by atoms with E-state index in [-0.39, 0.29) is 67.7 Å². The Morgan fingerprint density at radius 2 is 1.56 bits per heavy atom. The maximum Gasteiger partial charge on any atom is 0.246 e. The number of amides is 4. The number of piperidine rings is 1. The van der Waals surface area contributed by atoms with Gasteiger partial charge in [0.1, 0.15) is 23.7 Å². The molecule has 3 aromatic carbocycles. The van der Waals surface area contributed by atoms with Crippen LogP contribution in [0.5, 0.6) is 0 Å². The van der Waals surface area contributed by atoms with Crippen LogP contribution >= 0.6 is 11.3 Å². The maximum absolute atomic E-state index is 15.5. The summed E-state index contributed by atoms with van der Waals surface area (Å²) < 4.78 is 38.3. The lowest BCUT2D eigenvalue weighted by molar-refractivity contribution is -0.144. The Bertz CT molecular complexity index is 3070. The van der Waals surface area contributed by atoms with Gasteiger partial charge in [0, 0.05) is 88.1 Å². The van der Waals surface area contributed by atoms with Gasteiger partial charge in [0.2, 0.25) is 23.6 Å². The van der Waals surface area contributed by atoms with Crippen molar-refractivity contribution in [1.29, 1.82) is 0 Å². The maximum atomic E-state index is 15.5. The molecule has 0 spiro atoms. The number of thiazole rings is 1. The van der Waals surface area contributed by atoms with Gasteiger partial charge in [-0.25, -0.2) is 18.7 Å². The Hall–Kier alpha value is -6.58. The van der Waals surface area contributed by atoms with Gasteiger partial charge in [-0.15, -0.1) is 11.3 Å². The molecule has 3 atom stereocenters. The highest BCUT2D eigenvalue weighted by Gasteiger charge is 2.44. The van der Waals surface area contributed by atoms with E-state index in [1.54, 1.807) is 29.8 Å². The highest BCUT2D eigenvalue weighted by Crippen LogP contribution is 2.33. The summed E-state index contributed by atoms with van der Waals surface area (Å²) in [5.41, 5.74) is 7.68. The minimum absolute atomic E-state index is 0.00601. The first kappa shape index (κ1) is 58.1. The Balaban J connectivity index is 0.648. The van der Waals surface area contributed by atoms with Gasteiger partial charge >= 0.3 is 0 Å². The number of nitrogens with zero attached hydrogens (tertiary/aromatic N) is 8. The molecule has 3 saturated heterocycles. The predicted octanol–water partition coefficient (Wildman–Crippen LogP) is 8.00. The van der Waals surface area contributed by atoms with Crippen molar-refractivity contribution in [3.05, 3.63) is 107 Å². The van der Waals surface area contributed by atoms with E-state index in [9.17, 15) is 24.3 Å². The van der Waals surface area contributed by atoms with Gasteiger partial charge in [0.05, 0.1) is 77.1 Å². The number of rotatable bonds is 22. The van der Waals surface area contributed by atoms with Gasteiger partial charge in [0.25, 0.3) is 0 Å². The van der Waals surface area contributed by atoms with Crippen LogP contribution in [-0.4, -0.2) is 145 Å². The third-order valence-electron chi connectivity index (χ3n) is 15.6. The van der Waals surface area contributed by atoms with Crippen LogP contribution in [-0.2, 0) is 37.0 Å². The van der Waals surface area contributed by atoms with Crippen LogP contribution in [0.25, 0.3) is 43.9 Å². The van der Waals surface area contributed by atoms with Crippen LogP contribution in [0, 0.1) is 24.0 Å². The number of aliphatic hydroxyl groups excluding tert-OH is 1. The number of halogens is 2. The van der Waals surface area contributed by atoms with E-state index in [2.05, 4.69) is 35.9 Å². The minimum atomic E-state index is -0.875. The lowest BCUT2D eigenvalue weighted by Gasteiger charge is -2.35. The SMILES string of the molecule is Cc1ncsc1-c1ccc(CNC(=O)[C@@H]2C[C@@H](O)CN2C(=O)[C@@H](NC(=O)CCCCCCCCNC(=O)CN2CCC(n3cc(-c4cnc5cccc(-c6cc(F)c(CN7CCOCC7)c(F)c6)c5n4)cn3)CC2)C(C)(C)C)cc1. The number of aliphatic hydroxyl groups is 1. The van der Waals surface area contributed by atoms with Gasteiger partial charge in [-0.2, -0.15) is 5.10 Å². The molecule has 17 nitrogen and oxygen atoms in total. The number of aryl methyl sites for hydroxylation is 1. The van der Waals surface area contributed by atoms with E-state index in [1.165, 1.54) is 17.0 Å². The topological polar surface area (TPSA) is 200 Å². The Morgan fingerprint density at radius 3 is 2.27 bits per heavy atom. The molecular formula is C60H75F2N11O6S. The number of benzene rings is 3. The Labute approximate surface area is 470 Å². The van der Waals surface area contributed by atoms with Crippen molar-refractivity contribution in [3.8, 4) is 32.8 Å². The zero-order valence-electron chi connectivity index (χ0n) is 46.4. The number of carbonyl (C=O) groups is 4. The Morgan fingerprint density at radius 1 is 0.838 bits per heavy atom. The number of β-amino-alcohol motifs (C(OH)–C–C–N with tert-alkyl or cyclic N) is 1. The number of aromatic nitrogens is 5. The number of nitrogens with one attached hydrogen (secondary N) is 3. The van der Waals surface area contributed by atoms with Crippen LogP contribution in [0.1, 0.15) is 108 Å². The first-order chi connectivity index (χ1) is 38.6.